The largest absolute Gasteiger partial charge is 0.493 e. The van der Waals surface area contributed by atoms with Gasteiger partial charge in [-0.15, -0.1) is 0 Å². The van der Waals surface area contributed by atoms with E-state index in [9.17, 15) is 0 Å². The topological polar surface area (TPSA) is 30.5 Å². The second-order valence-corrected chi connectivity index (χ2v) is 5.15. The van der Waals surface area contributed by atoms with Crippen LogP contribution in [0, 0.1) is 5.92 Å². The van der Waals surface area contributed by atoms with Crippen LogP contribution in [0.2, 0.25) is 0 Å². The molecule has 0 spiro atoms. The zero-order chi connectivity index (χ0) is 14.6. The Bertz CT molecular complexity index is 355. The molecule has 0 radical (unpaired) electrons. The van der Waals surface area contributed by atoms with Gasteiger partial charge in [0.2, 0.25) is 0 Å². The summed E-state index contributed by atoms with van der Waals surface area (Å²) in [5, 5.41) is 3.51. The van der Waals surface area contributed by atoms with Gasteiger partial charge in [-0.2, -0.15) is 0 Å². The fourth-order valence-corrected chi connectivity index (χ4v) is 2.31. The Hall–Kier alpha value is -1.22. The van der Waals surface area contributed by atoms with E-state index in [0.717, 1.165) is 37.6 Å². The average molecular weight is 279 g/mol. The lowest BCUT2D eigenvalue weighted by atomic mass is 10.0. The van der Waals surface area contributed by atoms with E-state index in [4.69, 9.17) is 9.47 Å². The molecule has 1 aromatic rings. The smallest absolute Gasteiger partial charge is 0.161 e. The molecule has 3 heteroatoms. The average Bonchev–Trinajstić information content (AvgIpc) is 2.48. The van der Waals surface area contributed by atoms with Crippen molar-refractivity contribution in [2.75, 3.05) is 26.8 Å². The number of benzene rings is 1. The lowest BCUT2D eigenvalue weighted by Gasteiger charge is -2.17. The quantitative estimate of drug-likeness (QED) is 0.624. The van der Waals surface area contributed by atoms with Crippen molar-refractivity contribution in [1.82, 2.24) is 5.32 Å². The summed E-state index contributed by atoms with van der Waals surface area (Å²) in [4.78, 5) is 0. The van der Waals surface area contributed by atoms with Gasteiger partial charge in [-0.05, 0) is 50.4 Å². The van der Waals surface area contributed by atoms with Crippen LogP contribution in [-0.2, 0) is 0 Å². The second-order valence-electron chi connectivity index (χ2n) is 5.15. The molecule has 0 saturated heterocycles. The van der Waals surface area contributed by atoms with E-state index < -0.39 is 0 Å². The van der Waals surface area contributed by atoms with Gasteiger partial charge < -0.3 is 14.8 Å². The lowest BCUT2D eigenvalue weighted by molar-refractivity contribution is 0.255. The molecule has 1 atom stereocenters. The van der Waals surface area contributed by atoms with Crippen molar-refractivity contribution in [2.45, 2.75) is 39.5 Å². The summed E-state index contributed by atoms with van der Waals surface area (Å²) in [6.45, 7) is 7.39. The van der Waals surface area contributed by atoms with Crippen LogP contribution in [0.3, 0.4) is 0 Å². The molecule has 0 aliphatic heterocycles. The molecule has 3 nitrogen and oxygen atoms in total. The highest BCUT2D eigenvalue weighted by Crippen LogP contribution is 2.26. The van der Waals surface area contributed by atoms with Crippen molar-refractivity contribution in [3.63, 3.8) is 0 Å². The first kappa shape index (κ1) is 16.8. The molecule has 0 saturated carbocycles. The number of nitrogens with one attached hydrogen (secondary N) is 1. The Morgan fingerprint density at radius 2 is 1.80 bits per heavy atom. The molecule has 0 aliphatic rings. The number of hydrogen-bond donors (Lipinski definition) is 1. The van der Waals surface area contributed by atoms with Crippen molar-refractivity contribution < 1.29 is 9.47 Å². The maximum atomic E-state index is 5.86. The Labute approximate surface area is 123 Å². The Kier molecular flexibility index (Phi) is 8.88. The van der Waals surface area contributed by atoms with Gasteiger partial charge in [-0.1, -0.05) is 32.4 Å². The molecule has 0 fully saturated rings. The molecule has 0 amide bonds. The summed E-state index contributed by atoms with van der Waals surface area (Å²) in [6.07, 6.45) is 4.76. The van der Waals surface area contributed by atoms with Gasteiger partial charge in [0.25, 0.3) is 0 Å². The molecule has 1 unspecified atom stereocenters. The van der Waals surface area contributed by atoms with Gasteiger partial charge in [0.15, 0.2) is 11.5 Å². The highest BCUT2D eigenvalue weighted by molar-refractivity contribution is 5.39. The van der Waals surface area contributed by atoms with Gasteiger partial charge in [0.05, 0.1) is 13.7 Å². The monoisotopic (exact) mass is 279 g/mol. The highest BCUT2D eigenvalue weighted by atomic mass is 16.5. The van der Waals surface area contributed by atoms with Gasteiger partial charge in [-0.3, -0.25) is 0 Å². The normalized spacial score (nSPS) is 12.2. The van der Waals surface area contributed by atoms with Crippen LogP contribution in [-0.4, -0.2) is 26.8 Å². The van der Waals surface area contributed by atoms with Crippen LogP contribution in [0.4, 0.5) is 0 Å². The summed E-state index contributed by atoms with van der Waals surface area (Å²) < 4.78 is 11.2. The fraction of sp³-hybridized carbons (Fsp3) is 0.647. The molecule has 1 rings (SSSR count). The minimum absolute atomic E-state index is 0.696. The van der Waals surface area contributed by atoms with E-state index in [2.05, 4.69) is 19.2 Å². The SMILES string of the molecule is CCCNCC(CCC)CCOc1ccccc1OC. The minimum Gasteiger partial charge on any atom is -0.493 e. The first-order chi connectivity index (χ1) is 9.81. The van der Waals surface area contributed by atoms with Crippen molar-refractivity contribution in [3.8, 4) is 11.5 Å². The summed E-state index contributed by atoms with van der Waals surface area (Å²) in [5.74, 6) is 2.34. The summed E-state index contributed by atoms with van der Waals surface area (Å²) in [6, 6.07) is 7.83. The molecular weight excluding hydrogens is 250 g/mol. The highest BCUT2D eigenvalue weighted by Gasteiger charge is 2.09. The molecular formula is C17H29NO2. The third-order valence-corrected chi connectivity index (χ3v) is 3.41. The van der Waals surface area contributed by atoms with E-state index in [1.165, 1.54) is 19.3 Å². The third kappa shape index (κ3) is 6.29. The Balaban J connectivity index is 2.35. The second kappa shape index (κ2) is 10.6. The summed E-state index contributed by atoms with van der Waals surface area (Å²) >= 11 is 0. The maximum Gasteiger partial charge on any atom is 0.161 e. The maximum absolute atomic E-state index is 5.86. The summed E-state index contributed by atoms with van der Waals surface area (Å²) in [5.41, 5.74) is 0. The third-order valence-electron chi connectivity index (χ3n) is 3.41. The Morgan fingerprint density at radius 1 is 1.05 bits per heavy atom. The van der Waals surface area contributed by atoms with Gasteiger partial charge in [0.1, 0.15) is 0 Å². The number of hydrogen-bond acceptors (Lipinski definition) is 3. The molecule has 20 heavy (non-hydrogen) atoms. The molecule has 0 bridgehead atoms. The van der Waals surface area contributed by atoms with E-state index in [0.29, 0.717) is 5.92 Å². The zero-order valence-electron chi connectivity index (χ0n) is 13.2. The van der Waals surface area contributed by atoms with E-state index in [1.54, 1.807) is 7.11 Å². The van der Waals surface area contributed by atoms with Crippen LogP contribution in [0.15, 0.2) is 24.3 Å². The van der Waals surface area contributed by atoms with Crippen LogP contribution in [0.5, 0.6) is 11.5 Å². The number of methoxy groups -OCH3 is 1. The predicted octanol–water partition coefficient (Wildman–Crippen LogP) is 3.88. The van der Waals surface area contributed by atoms with Gasteiger partial charge in [0, 0.05) is 0 Å². The number of ether oxygens (including phenoxy) is 2. The van der Waals surface area contributed by atoms with Crippen molar-refractivity contribution in [2.24, 2.45) is 5.92 Å². The zero-order valence-corrected chi connectivity index (χ0v) is 13.2. The molecule has 114 valence electrons. The molecule has 1 aromatic carbocycles. The first-order valence-corrected chi connectivity index (χ1v) is 7.78. The lowest BCUT2D eigenvalue weighted by Crippen LogP contribution is -2.24. The van der Waals surface area contributed by atoms with Crippen LogP contribution >= 0.6 is 0 Å². The van der Waals surface area contributed by atoms with Crippen molar-refractivity contribution in [1.29, 1.82) is 0 Å². The van der Waals surface area contributed by atoms with Crippen molar-refractivity contribution in [3.05, 3.63) is 24.3 Å². The standard InChI is InChI=1S/C17H29NO2/c1-4-8-15(14-18-12-5-2)11-13-20-17-10-7-6-9-16(17)19-3/h6-7,9-10,15,18H,4-5,8,11-14H2,1-3H3. The van der Waals surface area contributed by atoms with Gasteiger partial charge in [-0.25, -0.2) is 0 Å². The Morgan fingerprint density at radius 3 is 2.45 bits per heavy atom. The molecule has 0 heterocycles. The molecule has 1 N–H and O–H groups in total. The van der Waals surface area contributed by atoms with E-state index in [-0.39, 0.29) is 0 Å². The molecule has 0 aliphatic carbocycles. The van der Waals surface area contributed by atoms with Crippen LogP contribution in [0.1, 0.15) is 39.5 Å². The number of rotatable bonds is 11. The van der Waals surface area contributed by atoms with E-state index >= 15 is 0 Å². The summed E-state index contributed by atoms with van der Waals surface area (Å²) in [7, 11) is 1.68. The first-order valence-electron chi connectivity index (χ1n) is 7.78. The number of para-hydroxylation sites is 2. The van der Waals surface area contributed by atoms with Crippen LogP contribution in [0.25, 0.3) is 0 Å². The van der Waals surface area contributed by atoms with E-state index in [1.807, 2.05) is 24.3 Å². The van der Waals surface area contributed by atoms with Crippen LogP contribution < -0.4 is 14.8 Å². The van der Waals surface area contributed by atoms with Crippen molar-refractivity contribution >= 4 is 0 Å². The predicted molar refractivity (Wildman–Crippen MR) is 84.7 cm³/mol. The van der Waals surface area contributed by atoms with Gasteiger partial charge >= 0.3 is 0 Å². The minimum atomic E-state index is 0.696. The fourth-order valence-electron chi connectivity index (χ4n) is 2.31. The molecule has 0 aromatic heterocycles.